The van der Waals surface area contributed by atoms with E-state index < -0.39 is 0 Å². The third-order valence-electron chi connectivity index (χ3n) is 7.75. The lowest BCUT2D eigenvalue weighted by Crippen LogP contribution is -2.48. The summed E-state index contributed by atoms with van der Waals surface area (Å²) in [6, 6.07) is 0. The van der Waals surface area contributed by atoms with Crippen LogP contribution >= 0.6 is 0 Å². The molecule has 3 heteroatoms. The summed E-state index contributed by atoms with van der Waals surface area (Å²) < 4.78 is 0. The molecule has 1 aliphatic heterocycles. The van der Waals surface area contributed by atoms with E-state index in [-0.39, 0.29) is 5.41 Å². The molecule has 3 aliphatic rings. The van der Waals surface area contributed by atoms with Gasteiger partial charge < -0.3 is 16.0 Å². The Hall–Kier alpha value is -1.58. The maximum Gasteiger partial charge on any atom is 0.0365 e. The summed E-state index contributed by atoms with van der Waals surface area (Å²) in [4.78, 5) is 0. The summed E-state index contributed by atoms with van der Waals surface area (Å²) in [7, 11) is 0. The van der Waals surface area contributed by atoms with Crippen molar-refractivity contribution >= 4 is 0 Å². The highest BCUT2D eigenvalue weighted by Crippen LogP contribution is 2.50. The number of nitrogens with one attached hydrogen (secondary N) is 3. The molecule has 3 nitrogen and oxygen atoms in total. The second kappa shape index (κ2) is 9.49. The molecule has 0 saturated carbocycles. The molecule has 5 atom stereocenters. The van der Waals surface area contributed by atoms with Gasteiger partial charge in [0.15, 0.2) is 0 Å². The van der Waals surface area contributed by atoms with Crippen molar-refractivity contribution in [3.63, 3.8) is 0 Å². The molecular formula is C26H41N3. The van der Waals surface area contributed by atoms with E-state index in [4.69, 9.17) is 0 Å². The van der Waals surface area contributed by atoms with Crippen molar-refractivity contribution in [2.45, 2.75) is 34.1 Å². The van der Waals surface area contributed by atoms with E-state index >= 15 is 0 Å². The molecule has 1 saturated heterocycles. The van der Waals surface area contributed by atoms with Gasteiger partial charge in [0.1, 0.15) is 0 Å². The van der Waals surface area contributed by atoms with Crippen LogP contribution in [0.5, 0.6) is 0 Å². The molecule has 0 radical (unpaired) electrons. The summed E-state index contributed by atoms with van der Waals surface area (Å²) in [5.41, 5.74) is 2.63. The summed E-state index contributed by atoms with van der Waals surface area (Å²) >= 11 is 0. The number of hydrogen-bond acceptors (Lipinski definition) is 3. The van der Waals surface area contributed by atoms with Crippen LogP contribution in [0, 0.1) is 40.9 Å². The molecule has 0 aromatic carbocycles. The Bertz CT molecular complexity index is 668. The van der Waals surface area contributed by atoms with Crippen molar-refractivity contribution in [3.8, 4) is 0 Å². The highest BCUT2D eigenvalue weighted by atomic mass is 15.0. The molecule has 1 fully saturated rings. The van der Waals surface area contributed by atoms with E-state index in [0.29, 0.717) is 35.5 Å². The minimum Gasteiger partial charge on any atom is -0.362 e. The molecule has 1 heterocycles. The molecule has 0 bridgehead atoms. The van der Waals surface area contributed by atoms with E-state index in [2.05, 4.69) is 87.2 Å². The second-order valence-corrected chi connectivity index (χ2v) is 9.78. The summed E-state index contributed by atoms with van der Waals surface area (Å²) in [6.45, 7) is 22.5. The average Bonchev–Trinajstić information content (AvgIpc) is 3.07. The first-order valence-electron chi connectivity index (χ1n) is 11.4. The van der Waals surface area contributed by atoms with Crippen LogP contribution in [0.3, 0.4) is 0 Å². The summed E-state index contributed by atoms with van der Waals surface area (Å²) in [6.07, 6.45) is 14.3. The van der Waals surface area contributed by atoms with Crippen molar-refractivity contribution in [1.82, 2.24) is 16.0 Å². The molecule has 160 valence electrons. The predicted octanol–water partition coefficient (Wildman–Crippen LogP) is 4.65. The van der Waals surface area contributed by atoms with E-state index in [9.17, 15) is 0 Å². The van der Waals surface area contributed by atoms with Gasteiger partial charge in [-0.25, -0.2) is 0 Å². The van der Waals surface area contributed by atoms with Crippen LogP contribution in [0.2, 0.25) is 0 Å². The zero-order valence-electron chi connectivity index (χ0n) is 18.9. The van der Waals surface area contributed by atoms with Gasteiger partial charge in [-0.15, -0.1) is 6.58 Å². The third kappa shape index (κ3) is 4.95. The minimum absolute atomic E-state index is 0.161. The highest BCUT2D eigenvalue weighted by molar-refractivity contribution is 5.36. The second-order valence-electron chi connectivity index (χ2n) is 9.78. The zero-order valence-corrected chi connectivity index (χ0v) is 18.9. The van der Waals surface area contributed by atoms with Crippen LogP contribution in [0.4, 0.5) is 0 Å². The van der Waals surface area contributed by atoms with Crippen LogP contribution in [-0.2, 0) is 0 Å². The Morgan fingerprint density at radius 2 is 2.03 bits per heavy atom. The maximum atomic E-state index is 4.57. The van der Waals surface area contributed by atoms with Gasteiger partial charge in [-0.2, -0.15) is 0 Å². The first-order valence-corrected chi connectivity index (χ1v) is 11.4. The smallest absolute Gasteiger partial charge is 0.0365 e. The largest absolute Gasteiger partial charge is 0.362 e. The molecule has 0 aromatic rings. The van der Waals surface area contributed by atoms with Crippen LogP contribution < -0.4 is 16.0 Å². The van der Waals surface area contributed by atoms with Gasteiger partial charge in [-0.3, -0.25) is 0 Å². The third-order valence-corrected chi connectivity index (χ3v) is 7.75. The molecule has 3 N–H and O–H groups in total. The van der Waals surface area contributed by atoms with Gasteiger partial charge in [0, 0.05) is 35.7 Å². The van der Waals surface area contributed by atoms with Gasteiger partial charge in [-0.1, -0.05) is 70.7 Å². The molecule has 3 rings (SSSR count). The minimum atomic E-state index is 0.161. The lowest BCUT2D eigenvalue weighted by molar-refractivity contribution is 0.0311. The monoisotopic (exact) mass is 395 g/mol. The summed E-state index contributed by atoms with van der Waals surface area (Å²) in [5, 5.41) is 11.0. The predicted molar refractivity (Wildman–Crippen MR) is 125 cm³/mol. The van der Waals surface area contributed by atoms with E-state index in [1.807, 2.05) is 6.08 Å². The standard InChI is InChI=1S/C26H41N3/c1-7-22-14-24(22)29-20(5)25(23-12-13-27-17-23)26(6,18(2)3)19(4)15-28-16-21-10-8-9-11-21/h7-11,14,18-19,21-23,25,27-29H,1,5,12-13,15-17H2,2-4,6H3. The molecule has 5 unspecified atom stereocenters. The van der Waals surface area contributed by atoms with Crippen LogP contribution in [0.15, 0.2) is 61.0 Å². The number of allylic oxidation sites excluding steroid dienone is 5. The van der Waals surface area contributed by atoms with Gasteiger partial charge in [0.05, 0.1) is 0 Å². The van der Waals surface area contributed by atoms with E-state index in [1.54, 1.807) is 0 Å². The van der Waals surface area contributed by atoms with Gasteiger partial charge >= 0.3 is 0 Å². The first kappa shape index (κ1) is 22.1. The molecule has 0 spiro atoms. The number of hydrogen-bond donors (Lipinski definition) is 3. The van der Waals surface area contributed by atoms with Gasteiger partial charge in [0.25, 0.3) is 0 Å². The molecule has 0 aromatic heterocycles. The zero-order chi connectivity index (χ0) is 21.0. The Morgan fingerprint density at radius 1 is 1.31 bits per heavy atom. The quantitative estimate of drug-likeness (QED) is 0.421. The van der Waals surface area contributed by atoms with Crippen molar-refractivity contribution in [1.29, 1.82) is 0 Å². The van der Waals surface area contributed by atoms with Crippen molar-refractivity contribution in [3.05, 3.63) is 61.0 Å². The van der Waals surface area contributed by atoms with Crippen LogP contribution in [0.1, 0.15) is 34.1 Å². The normalized spacial score (nSPS) is 27.6. The first-order chi connectivity index (χ1) is 13.9. The topological polar surface area (TPSA) is 36.1 Å². The van der Waals surface area contributed by atoms with Gasteiger partial charge in [-0.05, 0) is 49.2 Å². The molecule has 2 aliphatic carbocycles. The molecule has 29 heavy (non-hydrogen) atoms. The van der Waals surface area contributed by atoms with Gasteiger partial charge in [0.2, 0.25) is 0 Å². The Balaban J connectivity index is 1.73. The van der Waals surface area contributed by atoms with Crippen molar-refractivity contribution < 1.29 is 0 Å². The Morgan fingerprint density at radius 3 is 2.59 bits per heavy atom. The van der Waals surface area contributed by atoms with Crippen molar-refractivity contribution in [2.24, 2.45) is 40.9 Å². The van der Waals surface area contributed by atoms with E-state index in [0.717, 1.165) is 26.2 Å². The highest BCUT2D eigenvalue weighted by Gasteiger charge is 2.47. The molecular weight excluding hydrogens is 354 g/mol. The van der Waals surface area contributed by atoms with Crippen LogP contribution in [0.25, 0.3) is 0 Å². The Kier molecular flexibility index (Phi) is 7.23. The maximum absolute atomic E-state index is 4.57. The fourth-order valence-electron chi connectivity index (χ4n) is 5.39. The van der Waals surface area contributed by atoms with Crippen molar-refractivity contribution in [2.75, 3.05) is 26.2 Å². The number of rotatable bonds is 12. The fourth-order valence-corrected chi connectivity index (χ4v) is 5.39. The SMILES string of the molecule is C=CC1C=C1NC(=C)C(C1CCNC1)C(C)(C(C)C)C(C)CNCC1C=CC=C1. The fraction of sp³-hybridized carbons (Fsp3) is 0.615. The van der Waals surface area contributed by atoms with E-state index in [1.165, 1.54) is 17.8 Å². The lowest BCUT2D eigenvalue weighted by Gasteiger charge is -2.49. The average molecular weight is 396 g/mol. The summed E-state index contributed by atoms with van der Waals surface area (Å²) in [5.74, 6) is 3.13. The lowest BCUT2D eigenvalue weighted by atomic mass is 9.57. The Labute approximate surface area is 178 Å². The van der Waals surface area contributed by atoms with Crippen LogP contribution in [-0.4, -0.2) is 26.2 Å². The molecule has 0 amide bonds.